The first-order valence-electron chi connectivity index (χ1n) is 7.47. The second-order valence-electron chi connectivity index (χ2n) is 5.61. The maximum atomic E-state index is 12.1. The van der Waals surface area contributed by atoms with Gasteiger partial charge in [0.25, 0.3) is 0 Å². The summed E-state index contributed by atoms with van der Waals surface area (Å²) in [7, 11) is 0. The molecule has 0 bridgehead atoms. The largest absolute Gasteiger partial charge is 0.477 e. The number of amides is 1. The van der Waals surface area contributed by atoms with E-state index in [0.29, 0.717) is 15.9 Å². The third kappa shape index (κ3) is 3.39. The van der Waals surface area contributed by atoms with Gasteiger partial charge in [-0.3, -0.25) is 9.69 Å². The molecule has 0 aliphatic carbocycles. The van der Waals surface area contributed by atoms with Gasteiger partial charge in [-0.2, -0.15) is 5.10 Å². The molecule has 1 saturated heterocycles. The lowest BCUT2D eigenvalue weighted by Gasteiger charge is -2.43. The standard InChI is InChI=1S/C14H17N5O4S2/c1-6(17-18-14-15-3-4-16-14)5-24-13-9(12(22)23)19-10(21)8(7(2)20)11(19)25-13/h3-4,7-8,11,20H,5H2,1-2H3,(H,22,23)(H2,15,16,18)/t7?,8-,11+/m0/s1. The van der Waals surface area contributed by atoms with Crippen molar-refractivity contribution in [2.24, 2.45) is 11.0 Å². The number of carbonyl (C=O) groups excluding carboxylic acids is 1. The van der Waals surface area contributed by atoms with Gasteiger partial charge in [0.2, 0.25) is 11.9 Å². The zero-order valence-electron chi connectivity index (χ0n) is 13.5. The van der Waals surface area contributed by atoms with Gasteiger partial charge in [-0.1, -0.05) is 11.8 Å². The van der Waals surface area contributed by atoms with E-state index >= 15 is 0 Å². The Balaban J connectivity index is 1.66. The quantitative estimate of drug-likeness (QED) is 0.313. The predicted octanol–water partition coefficient (Wildman–Crippen LogP) is 1.10. The fourth-order valence-electron chi connectivity index (χ4n) is 2.53. The number of anilines is 1. The summed E-state index contributed by atoms with van der Waals surface area (Å²) < 4.78 is 0.557. The maximum Gasteiger partial charge on any atom is 0.354 e. The van der Waals surface area contributed by atoms with Crippen LogP contribution < -0.4 is 5.43 Å². The molecule has 25 heavy (non-hydrogen) atoms. The van der Waals surface area contributed by atoms with Crippen LogP contribution in [0.15, 0.2) is 27.4 Å². The monoisotopic (exact) mass is 383 g/mol. The van der Waals surface area contributed by atoms with Crippen LogP contribution in [0.4, 0.5) is 5.95 Å². The van der Waals surface area contributed by atoms with E-state index in [-0.39, 0.29) is 17.0 Å². The van der Waals surface area contributed by atoms with Gasteiger partial charge in [0.05, 0.1) is 16.3 Å². The van der Waals surface area contributed by atoms with Gasteiger partial charge in [-0.05, 0) is 13.8 Å². The van der Waals surface area contributed by atoms with Crippen LogP contribution in [-0.2, 0) is 9.59 Å². The molecule has 0 aromatic carbocycles. The smallest absolute Gasteiger partial charge is 0.354 e. The first-order valence-corrected chi connectivity index (χ1v) is 9.33. The van der Waals surface area contributed by atoms with Crippen molar-refractivity contribution in [3.8, 4) is 0 Å². The number of carboxylic acid groups (broad SMARTS) is 1. The lowest BCUT2D eigenvalue weighted by molar-refractivity contribution is -0.156. The average Bonchev–Trinajstić information content (AvgIpc) is 3.16. The van der Waals surface area contributed by atoms with Gasteiger partial charge in [0.1, 0.15) is 5.37 Å². The van der Waals surface area contributed by atoms with E-state index in [1.807, 2.05) is 6.92 Å². The molecule has 2 aliphatic heterocycles. The Morgan fingerprint density at radius 1 is 1.64 bits per heavy atom. The van der Waals surface area contributed by atoms with Crippen LogP contribution in [0.3, 0.4) is 0 Å². The molecule has 11 heteroatoms. The van der Waals surface area contributed by atoms with Crippen molar-refractivity contribution in [3.63, 3.8) is 0 Å². The third-order valence-corrected chi connectivity index (χ3v) is 6.54. The number of rotatable bonds is 7. The molecule has 1 aromatic heterocycles. The number of thioether (sulfide) groups is 2. The average molecular weight is 383 g/mol. The Morgan fingerprint density at radius 2 is 2.40 bits per heavy atom. The summed E-state index contributed by atoms with van der Waals surface area (Å²) in [6.07, 6.45) is 2.46. The van der Waals surface area contributed by atoms with Crippen molar-refractivity contribution in [1.29, 1.82) is 0 Å². The van der Waals surface area contributed by atoms with E-state index < -0.39 is 18.0 Å². The van der Waals surface area contributed by atoms with Crippen LogP contribution in [0.5, 0.6) is 0 Å². The Kier molecular flexibility index (Phi) is 5.06. The predicted molar refractivity (Wildman–Crippen MR) is 95.8 cm³/mol. The number of carbonyl (C=O) groups is 2. The topological polar surface area (TPSA) is 131 Å². The Morgan fingerprint density at radius 3 is 3.00 bits per heavy atom. The zero-order valence-corrected chi connectivity index (χ0v) is 15.1. The first kappa shape index (κ1) is 17.8. The minimum absolute atomic E-state index is 0.00584. The van der Waals surface area contributed by atoms with E-state index in [1.54, 1.807) is 19.3 Å². The molecule has 2 aliphatic rings. The summed E-state index contributed by atoms with van der Waals surface area (Å²) in [6, 6.07) is 0. The SMILES string of the molecule is CC(CSC1=C(C(=O)O)N2C(=O)[C@H](C(C)O)[C@H]2S1)=NNc1ncc[nH]1. The van der Waals surface area contributed by atoms with Crippen LogP contribution in [0.25, 0.3) is 0 Å². The summed E-state index contributed by atoms with van der Waals surface area (Å²) in [5.74, 6) is -1.07. The van der Waals surface area contributed by atoms with E-state index in [0.717, 1.165) is 5.71 Å². The second kappa shape index (κ2) is 7.10. The molecule has 0 radical (unpaired) electrons. The molecule has 1 aromatic rings. The molecule has 4 N–H and O–H groups in total. The number of aliphatic carboxylic acids is 1. The highest BCUT2D eigenvalue weighted by atomic mass is 32.2. The number of fused-ring (bicyclic) bond motifs is 1. The summed E-state index contributed by atoms with van der Waals surface area (Å²) >= 11 is 2.62. The Labute approximate surface area is 152 Å². The van der Waals surface area contributed by atoms with Crippen molar-refractivity contribution in [2.75, 3.05) is 11.2 Å². The summed E-state index contributed by atoms with van der Waals surface area (Å²) in [6.45, 7) is 3.35. The Bertz CT molecular complexity index is 746. The minimum Gasteiger partial charge on any atom is -0.477 e. The number of aromatic nitrogens is 2. The molecule has 0 saturated carbocycles. The Hall–Kier alpha value is -1.98. The van der Waals surface area contributed by atoms with Crippen LogP contribution in [0.1, 0.15) is 13.8 Å². The number of hydrogen-bond donors (Lipinski definition) is 4. The molecular weight excluding hydrogens is 366 g/mol. The van der Waals surface area contributed by atoms with Crippen molar-refractivity contribution in [3.05, 3.63) is 22.3 Å². The molecule has 3 atom stereocenters. The van der Waals surface area contributed by atoms with E-state index in [4.69, 9.17) is 0 Å². The summed E-state index contributed by atoms with van der Waals surface area (Å²) in [4.78, 5) is 31.8. The van der Waals surface area contributed by atoms with E-state index in [2.05, 4.69) is 20.5 Å². The highest BCUT2D eigenvalue weighted by Gasteiger charge is 2.57. The minimum atomic E-state index is -1.14. The summed E-state index contributed by atoms with van der Waals surface area (Å²) in [5.41, 5.74) is 3.50. The summed E-state index contributed by atoms with van der Waals surface area (Å²) in [5, 5.41) is 23.0. The van der Waals surface area contributed by atoms with Gasteiger partial charge in [-0.25, -0.2) is 15.2 Å². The number of aliphatic hydroxyl groups is 1. The third-order valence-electron chi connectivity index (χ3n) is 3.73. The van der Waals surface area contributed by atoms with Gasteiger partial charge < -0.3 is 15.2 Å². The van der Waals surface area contributed by atoms with Crippen LogP contribution in [0.2, 0.25) is 0 Å². The van der Waals surface area contributed by atoms with Gasteiger partial charge in [-0.15, -0.1) is 11.8 Å². The first-order chi connectivity index (χ1) is 11.9. The lowest BCUT2D eigenvalue weighted by atomic mass is 9.92. The number of aromatic amines is 1. The van der Waals surface area contributed by atoms with E-state index in [1.165, 1.54) is 28.4 Å². The number of nitrogens with one attached hydrogen (secondary N) is 2. The van der Waals surface area contributed by atoms with Crippen molar-refractivity contribution < 1.29 is 19.8 Å². The highest BCUT2D eigenvalue weighted by Crippen LogP contribution is 2.53. The molecule has 3 heterocycles. The van der Waals surface area contributed by atoms with Gasteiger partial charge >= 0.3 is 5.97 Å². The number of hydrazone groups is 1. The van der Waals surface area contributed by atoms with Gasteiger partial charge in [0.15, 0.2) is 5.70 Å². The molecule has 1 fully saturated rings. The number of nitrogens with zero attached hydrogens (tertiary/aromatic N) is 3. The second-order valence-corrected chi connectivity index (χ2v) is 7.98. The molecule has 1 amide bonds. The lowest BCUT2D eigenvalue weighted by Crippen LogP contribution is -2.60. The molecule has 0 spiro atoms. The molecule has 1 unspecified atom stereocenters. The molecular formula is C14H17N5O4S2. The van der Waals surface area contributed by atoms with Gasteiger partial charge in [0, 0.05) is 23.9 Å². The number of H-pyrrole nitrogens is 1. The molecule has 134 valence electrons. The van der Waals surface area contributed by atoms with E-state index in [9.17, 15) is 19.8 Å². The van der Waals surface area contributed by atoms with Crippen molar-refractivity contribution >= 4 is 47.1 Å². The van der Waals surface area contributed by atoms with Crippen molar-refractivity contribution in [1.82, 2.24) is 14.9 Å². The van der Waals surface area contributed by atoms with Crippen LogP contribution in [-0.4, -0.2) is 59.9 Å². The molecule has 3 rings (SSSR count). The normalized spacial score (nSPS) is 24.2. The zero-order chi connectivity index (χ0) is 18.1. The van der Waals surface area contributed by atoms with Crippen LogP contribution in [0, 0.1) is 5.92 Å². The fraction of sp³-hybridized carbons (Fsp3) is 0.429. The van der Waals surface area contributed by atoms with Crippen molar-refractivity contribution in [2.45, 2.75) is 25.3 Å². The highest BCUT2D eigenvalue weighted by molar-refractivity contribution is 8.23. The number of hydrogen-bond acceptors (Lipinski definition) is 8. The number of β-lactam (4-membered cyclic amide) rings is 1. The number of imidazole rings is 1. The fourth-order valence-corrected chi connectivity index (χ4v) is 5.32. The van der Waals surface area contributed by atoms with Crippen LogP contribution >= 0.6 is 23.5 Å². The molecule has 9 nitrogen and oxygen atoms in total. The maximum absolute atomic E-state index is 12.1. The number of carboxylic acids is 1. The number of aliphatic hydroxyl groups excluding tert-OH is 1.